The molecule has 0 amide bonds. The molecule has 5 nitrogen and oxygen atoms in total. The van der Waals surface area contributed by atoms with E-state index in [1.165, 1.54) is 24.8 Å². The molecule has 0 bridgehead atoms. The van der Waals surface area contributed by atoms with Crippen molar-refractivity contribution in [2.45, 2.75) is 81.8 Å². The molecular formula is C28H37NO4S2. The first kappa shape index (κ1) is 25.0. The third-order valence-electron chi connectivity index (χ3n) is 8.04. The Hall–Kier alpha value is -1.70. The van der Waals surface area contributed by atoms with Gasteiger partial charge in [-0.15, -0.1) is 0 Å². The molecule has 2 fully saturated rings. The Balaban J connectivity index is 1.42. The van der Waals surface area contributed by atoms with Crippen molar-refractivity contribution in [3.63, 3.8) is 0 Å². The largest absolute Gasteiger partial charge is 0.493 e. The van der Waals surface area contributed by atoms with Crippen molar-refractivity contribution in [3.8, 4) is 5.75 Å². The molecule has 3 aliphatic rings. The van der Waals surface area contributed by atoms with Gasteiger partial charge in [-0.25, -0.2) is 8.42 Å². The van der Waals surface area contributed by atoms with Gasteiger partial charge in [0.05, 0.1) is 23.8 Å². The van der Waals surface area contributed by atoms with Crippen LogP contribution in [-0.2, 0) is 23.1 Å². The number of thioether (sulfide) groups is 1. The third-order valence-corrected chi connectivity index (χ3v) is 11.0. The lowest BCUT2D eigenvalue weighted by Gasteiger charge is -2.38. The number of anilines is 1. The van der Waals surface area contributed by atoms with Gasteiger partial charge in [0.1, 0.15) is 5.75 Å². The average molecular weight is 516 g/mol. The molecular weight excluding hydrogens is 478 g/mol. The maximum absolute atomic E-state index is 14.0. The van der Waals surface area contributed by atoms with Crippen LogP contribution in [0.4, 0.5) is 5.69 Å². The summed E-state index contributed by atoms with van der Waals surface area (Å²) in [7, 11) is -3.78. The van der Waals surface area contributed by atoms with Crippen LogP contribution < -0.4 is 9.04 Å². The van der Waals surface area contributed by atoms with Crippen molar-refractivity contribution in [2.24, 2.45) is 5.92 Å². The highest BCUT2D eigenvalue weighted by Crippen LogP contribution is 2.42. The van der Waals surface area contributed by atoms with Crippen molar-refractivity contribution in [1.82, 2.24) is 0 Å². The van der Waals surface area contributed by atoms with Crippen LogP contribution in [0.5, 0.6) is 5.75 Å². The van der Waals surface area contributed by atoms with Gasteiger partial charge in [0.15, 0.2) is 0 Å². The second-order valence-corrected chi connectivity index (χ2v) is 13.3. The predicted octanol–water partition coefficient (Wildman–Crippen LogP) is 5.89. The molecule has 0 radical (unpaired) electrons. The molecule has 1 unspecified atom stereocenters. The number of rotatable bonds is 8. The summed E-state index contributed by atoms with van der Waals surface area (Å²) in [5.41, 5.74) is 3.83. The highest BCUT2D eigenvalue weighted by Gasteiger charge is 2.36. The minimum absolute atomic E-state index is 0.0697. The molecule has 5 rings (SSSR count). The van der Waals surface area contributed by atoms with Crippen molar-refractivity contribution >= 4 is 27.5 Å². The highest BCUT2D eigenvalue weighted by molar-refractivity contribution is 7.99. The monoisotopic (exact) mass is 515 g/mol. The van der Waals surface area contributed by atoms with Crippen LogP contribution >= 0.6 is 11.8 Å². The van der Waals surface area contributed by atoms with E-state index in [0.717, 1.165) is 54.9 Å². The number of ether oxygens (including phenoxy) is 1. The summed E-state index contributed by atoms with van der Waals surface area (Å²) in [6.45, 7) is 2.42. The summed E-state index contributed by atoms with van der Waals surface area (Å²) in [5, 5.41) is 10.0. The fourth-order valence-corrected chi connectivity index (χ4v) is 8.61. The van der Waals surface area contributed by atoms with E-state index in [1.807, 2.05) is 17.8 Å². The van der Waals surface area contributed by atoms with Gasteiger partial charge in [-0.3, -0.25) is 4.31 Å². The number of hydrogen-bond acceptors (Lipinski definition) is 5. The van der Waals surface area contributed by atoms with Gasteiger partial charge in [0.2, 0.25) is 0 Å². The summed E-state index contributed by atoms with van der Waals surface area (Å²) in [5.74, 6) is 4.06. The van der Waals surface area contributed by atoms with Gasteiger partial charge in [-0.2, -0.15) is 11.8 Å². The summed E-state index contributed by atoms with van der Waals surface area (Å²) in [4.78, 5) is 0.220. The van der Waals surface area contributed by atoms with E-state index >= 15 is 0 Å². The smallest absolute Gasteiger partial charge is 0.264 e. The van der Waals surface area contributed by atoms with E-state index in [2.05, 4.69) is 19.1 Å². The lowest BCUT2D eigenvalue weighted by Crippen LogP contribution is -2.43. The lowest BCUT2D eigenvalue weighted by atomic mass is 9.79. The first-order valence-electron chi connectivity index (χ1n) is 13.1. The average Bonchev–Trinajstić information content (AvgIpc) is 2.86. The van der Waals surface area contributed by atoms with Crippen molar-refractivity contribution in [3.05, 3.63) is 53.1 Å². The number of aryl methyl sites for hydroxylation is 1. The van der Waals surface area contributed by atoms with E-state index in [-0.39, 0.29) is 17.5 Å². The van der Waals surface area contributed by atoms with Crippen molar-refractivity contribution in [1.29, 1.82) is 0 Å². The van der Waals surface area contributed by atoms with Gasteiger partial charge in [-0.05, 0) is 104 Å². The first-order chi connectivity index (χ1) is 17.0. The minimum Gasteiger partial charge on any atom is -0.493 e. The third kappa shape index (κ3) is 5.09. The molecule has 35 heavy (non-hydrogen) atoms. The fraction of sp³-hybridized carbons (Fsp3) is 0.571. The number of sulfonamides is 1. The molecule has 7 heteroatoms. The van der Waals surface area contributed by atoms with E-state index in [0.29, 0.717) is 29.8 Å². The van der Waals surface area contributed by atoms with Gasteiger partial charge in [0.25, 0.3) is 10.0 Å². The molecule has 1 atom stereocenters. The Morgan fingerprint density at radius 3 is 2.54 bits per heavy atom. The summed E-state index contributed by atoms with van der Waals surface area (Å²) in [6, 6.07) is 11.3. The van der Waals surface area contributed by atoms with Crippen LogP contribution in [0, 0.1) is 5.92 Å². The number of fused-ring (bicyclic) bond motifs is 1. The second-order valence-electron chi connectivity index (χ2n) is 10.2. The molecule has 1 N–H and O–H groups in total. The van der Waals surface area contributed by atoms with Gasteiger partial charge < -0.3 is 9.84 Å². The van der Waals surface area contributed by atoms with Crippen LogP contribution in [0.25, 0.3) is 0 Å². The SMILES string of the molecule is CCC1CCc2cc(C3CCC3)ccc2N1S(=O)(=O)c1ccc(OCC2CCSCC2)c(CO)c1. The Morgan fingerprint density at radius 1 is 1.06 bits per heavy atom. The molecule has 2 aromatic rings. The van der Waals surface area contributed by atoms with E-state index in [4.69, 9.17) is 4.74 Å². The zero-order chi connectivity index (χ0) is 24.4. The van der Waals surface area contributed by atoms with Gasteiger partial charge in [-0.1, -0.05) is 25.5 Å². The normalized spacial score (nSPS) is 21.4. The molecule has 1 saturated heterocycles. The van der Waals surface area contributed by atoms with Crippen molar-refractivity contribution in [2.75, 3.05) is 22.4 Å². The molecule has 190 valence electrons. The van der Waals surface area contributed by atoms with Gasteiger partial charge >= 0.3 is 0 Å². The molecule has 1 aliphatic carbocycles. The molecule has 0 spiro atoms. The predicted molar refractivity (Wildman–Crippen MR) is 143 cm³/mol. The minimum atomic E-state index is -3.78. The second kappa shape index (κ2) is 10.7. The zero-order valence-electron chi connectivity index (χ0n) is 20.6. The maximum atomic E-state index is 14.0. The van der Waals surface area contributed by atoms with Crippen LogP contribution in [0.15, 0.2) is 41.3 Å². The number of aliphatic hydroxyl groups excluding tert-OH is 1. The van der Waals surface area contributed by atoms with Gasteiger partial charge in [0, 0.05) is 11.6 Å². The summed E-state index contributed by atoms with van der Waals surface area (Å²) in [6.07, 6.45) is 8.53. The zero-order valence-corrected chi connectivity index (χ0v) is 22.3. The fourth-order valence-electron chi connectivity index (χ4n) is 5.56. The molecule has 2 heterocycles. The molecule has 2 aliphatic heterocycles. The standard InChI is InChI=1S/C28H37NO4S2/c1-2-25-8-6-23-16-22(21-4-3-5-21)7-10-27(23)29(25)35(31,32)26-9-11-28(24(17-26)18-30)33-19-20-12-14-34-15-13-20/h7,9-11,16-17,20-21,25,30H,2-6,8,12-15,18-19H2,1H3. The van der Waals surface area contributed by atoms with Crippen LogP contribution in [0.3, 0.4) is 0 Å². The Bertz CT molecular complexity index is 1140. The highest BCUT2D eigenvalue weighted by atomic mass is 32.2. The van der Waals surface area contributed by atoms with Crippen LogP contribution in [0.1, 0.15) is 74.5 Å². The summed E-state index contributed by atoms with van der Waals surface area (Å²) >= 11 is 1.98. The van der Waals surface area contributed by atoms with E-state index < -0.39 is 10.0 Å². The van der Waals surface area contributed by atoms with Crippen LogP contribution in [0.2, 0.25) is 0 Å². The number of nitrogens with zero attached hydrogens (tertiary/aromatic N) is 1. The Labute approximate surface area is 214 Å². The Kier molecular flexibility index (Phi) is 7.66. The Morgan fingerprint density at radius 2 is 1.86 bits per heavy atom. The number of aliphatic hydroxyl groups is 1. The van der Waals surface area contributed by atoms with E-state index in [9.17, 15) is 13.5 Å². The topological polar surface area (TPSA) is 66.8 Å². The lowest BCUT2D eigenvalue weighted by molar-refractivity contribution is 0.226. The number of hydrogen-bond donors (Lipinski definition) is 1. The number of benzene rings is 2. The van der Waals surface area contributed by atoms with Crippen molar-refractivity contribution < 1.29 is 18.3 Å². The van der Waals surface area contributed by atoms with Crippen LogP contribution in [-0.4, -0.2) is 37.7 Å². The molecule has 2 aromatic carbocycles. The quantitative estimate of drug-likeness (QED) is 0.475. The summed E-state index contributed by atoms with van der Waals surface area (Å²) < 4.78 is 35.7. The first-order valence-corrected chi connectivity index (χ1v) is 15.7. The maximum Gasteiger partial charge on any atom is 0.264 e. The molecule has 1 saturated carbocycles. The molecule has 0 aromatic heterocycles. The van der Waals surface area contributed by atoms with E-state index in [1.54, 1.807) is 22.5 Å².